The van der Waals surface area contributed by atoms with Crippen molar-refractivity contribution in [3.8, 4) is 6.07 Å². The van der Waals surface area contributed by atoms with Crippen molar-refractivity contribution in [3.63, 3.8) is 0 Å². The van der Waals surface area contributed by atoms with Gasteiger partial charge in [-0.1, -0.05) is 56.1 Å². The quantitative estimate of drug-likeness (QED) is 0.481. The monoisotopic (exact) mass is 653 g/mol. The molecule has 236 valence electrons. The van der Waals surface area contributed by atoms with E-state index in [1.165, 1.54) is 21.9 Å². The van der Waals surface area contributed by atoms with Crippen LogP contribution in [0, 0.1) is 46.2 Å². The molecule has 1 aromatic carbocycles. The van der Waals surface area contributed by atoms with E-state index in [-0.39, 0.29) is 37.0 Å². The highest BCUT2D eigenvalue weighted by atomic mass is 35.5. The van der Waals surface area contributed by atoms with Crippen LogP contribution in [0.2, 0.25) is 0 Å². The average molecular weight is 655 g/mol. The van der Waals surface area contributed by atoms with E-state index in [2.05, 4.69) is 16.7 Å². The molecule has 2 aliphatic carbocycles. The van der Waals surface area contributed by atoms with E-state index in [1.54, 1.807) is 26.8 Å². The number of amides is 4. The number of halogens is 5. The molecular formula is C30H32Cl2F3N5O4. The van der Waals surface area contributed by atoms with Crippen LogP contribution in [0.3, 0.4) is 0 Å². The highest BCUT2D eigenvalue weighted by molar-refractivity contribution is 6.56. The summed E-state index contributed by atoms with van der Waals surface area (Å²) in [6.45, 7) is 4.77. The van der Waals surface area contributed by atoms with Gasteiger partial charge in [0.05, 0.1) is 17.2 Å². The van der Waals surface area contributed by atoms with Crippen molar-refractivity contribution < 1.29 is 32.3 Å². The van der Waals surface area contributed by atoms with Gasteiger partial charge in [0.25, 0.3) is 5.91 Å². The first-order valence-electron chi connectivity index (χ1n) is 14.6. The number of benzene rings is 1. The summed E-state index contributed by atoms with van der Waals surface area (Å²) in [4.78, 5) is 57.2. The summed E-state index contributed by atoms with van der Waals surface area (Å²) in [5.74, 6) is -5.26. The molecule has 0 radical (unpaired) electrons. The van der Waals surface area contributed by atoms with E-state index in [0.29, 0.717) is 18.4 Å². The Morgan fingerprint density at radius 3 is 2.52 bits per heavy atom. The molecule has 2 saturated carbocycles. The van der Waals surface area contributed by atoms with Gasteiger partial charge in [-0.05, 0) is 53.6 Å². The van der Waals surface area contributed by atoms with Gasteiger partial charge >= 0.3 is 4.59 Å². The summed E-state index contributed by atoms with van der Waals surface area (Å²) in [6.07, 6.45) is -0.385. The van der Waals surface area contributed by atoms with E-state index < -0.39 is 81.0 Å². The zero-order chi connectivity index (χ0) is 32.1. The molecule has 2 bridgehead atoms. The second-order valence-electron chi connectivity index (χ2n) is 13.9. The Labute approximate surface area is 262 Å². The number of para-hydroxylation sites is 1. The van der Waals surface area contributed by atoms with Crippen molar-refractivity contribution in [1.29, 1.82) is 5.26 Å². The van der Waals surface area contributed by atoms with Gasteiger partial charge < -0.3 is 20.4 Å². The zero-order valence-corrected chi connectivity index (χ0v) is 25.8. The van der Waals surface area contributed by atoms with Crippen molar-refractivity contribution in [3.05, 3.63) is 29.6 Å². The molecule has 9 atom stereocenters. The first-order valence-corrected chi connectivity index (χ1v) is 15.4. The molecule has 44 heavy (non-hydrogen) atoms. The molecule has 6 rings (SSSR count). The molecular weight excluding hydrogens is 622 g/mol. The first kappa shape index (κ1) is 31.0. The van der Waals surface area contributed by atoms with Crippen LogP contribution in [-0.2, 0) is 24.6 Å². The van der Waals surface area contributed by atoms with Gasteiger partial charge in [-0.3, -0.25) is 19.2 Å². The number of hydrogen-bond donors (Lipinski definition) is 2. The molecule has 5 aliphatic rings. The number of hydrogen-bond acceptors (Lipinski definition) is 5. The number of carbonyl (C=O) groups is 4. The van der Waals surface area contributed by atoms with Crippen LogP contribution in [0.25, 0.3) is 0 Å². The van der Waals surface area contributed by atoms with Crippen molar-refractivity contribution >= 4 is 52.5 Å². The predicted octanol–water partition coefficient (Wildman–Crippen LogP) is 3.59. The smallest absolute Gasteiger partial charge is 0.335 e. The highest BCUT2D eigenvalue weighted by Crippen LogP contribution is 2.59. The van der Waals surface area contributed by atoms with Gasteiger partial charge in [-0.25, -0.2) is 8.78 Å². The molecule has 2 saturated heterocycles. The fraction of sp³-hybridized carbons (Fsp3) is 0.633. The maximum atomic E-state index is 15.2. The number of nitrogens with zero attached hydrogens (tertiary/aromatic N) is 3. The molecule has 1 aromatic rings. The third-order valence-electron chi connectivity index (χ3n) is 10.4. The minimum atomic E-state index is -3.32. The molecule has 0 aromatic heterocycles. The minimum absolute atomic E-state index is 0.000814. The number of alkyl halides is 4. The van der Waals surface area contributed by atoms with E-state index >= 15 is 4.39 Å². The fourth-order valence-corrected chi connectivity index (χ4v) is 8.57. The Bertz CT molecular complexity index is 1490. The Morgan fingerprint density at radius 2 is 1.89 bits per heavy atom. The molecule has 2 N–H and O–H groups in total. The summed E-state index contributed by atoms with van der Waals surface area (Å²) in [7, 11) is 0. The van der Waals surface area contributed by atoms with Crippen molar-refractivity contribution in [2.24, 2.45) is 29.1 Å². The number of nitrogens with one attached hydrogen (secondary N) is 2. The molecule has 4 fully saturated rings. The lowest BCUT2D eigenvalue weighted by Gasteiger charge is -2.39. The zero-order valence-electron chi connectivity index (χ0n) is 24.3. The lowest BCUT2D eigenvalue weighted by atomic mass is 9.77. The van der Waals surface area contributed by atoms with E-state index in [4.69, 9.17) is 23.2 Å². The standard InChI is InChI=1S/C30H32Cl2F3N5O4/c1-28(2,3)23(38-27(44)30(31,32)35)25(42)39-11-16-13-7-15(19(34)8-13)20(16)22(39)24(41)40-12-29(9-14(40)10-36)17-5-4-6-18(33)21(17)37-26(29)43/h4-6,13-16,19-20,22-23H,7-9,11-12H2,1-3H3,(H,37,43)(H,38,44)/t13-,14-,15+,16+,19+,20-,22-,23+,29-/m0/s1. The van der Waals surface area contributed by atoms with Crippen LogP contribution in [0.4, 0.5) is 18.9 Å². The van der Waals surface area contributed by atoms with Crippen LogP contribution >= 0.6 is 23.2 Å². The summed E-state index contributed by atoms with van der Waals surface area (Å²) in [5, 5.41) is 15.0. The lowest BCUT2D eigenvalue weighted by molar-refractivity contribution is -0.149. The van der Waals surface area contributed by atoms with Gasteiger partial charge in [0.1, 0.15) is 30.1 Å². The van der Waals surface area contributed by atoms with E-state index in [1.807, 2.05) is 0 Å². The predicted molar refractivity (Wildman–Crippen MR) is 153 cm³/mol. The first-order chi connectivity index (χ1) is 20.5. The maximum absolute atomic E-state index is 15.2. The molecule has 3 aliphatic heterocycles. The third-order valence-corrected chi connectivity index (χ3v) is 10.8. The van der Waals surface area contributed by atoms with Gasteiger partial charge in [0, 0.05) is 19.5 Å². The number of likely N-dealkylation sites (tertiary alicyclic amines) is 2. The lowest BCUT2D eigenvalue weighted by Crippen LogP contribution is -2.60. The highest BCUT2D eigenvalue weighted by Gasteiger charge is 2.65. The topological polar surface area (TPSA) is 123 Å². The van der Waals surface area contributed by atoms with E-state index in [9.17, 15) is 33.2 Å². The SMILES string of the molecule is CC(C)(C)[C@H](NC(=O)C(F)(Cl)Cl)C(=O)N1C[C@@H]2[C@H]3C[C@@H]([C@@H]2[C@H]1C(=O)N1C[C@]2(C[C@H]1C#N)C(=O)Nc1c(F)cccc12)[C@H](F)C3. The summed E-state index contributed by atoms with van der Waals surface area (Å²) >= 11 is 10.7. The van der Waals surface area contributed by atoms with Crippen LogP contribution in [0.15, 0.2) is 18.2 Å². The molecule has 0 unspecified atom stereocenters. The Balaban J connectivity index is 1.37. The van der Waals surface area contributed by atoms with E-state index in [0.717, 1.165) is 0 Å². The van der Waals surface area contributed by atoms with Crippen molar-refractivity contribution in [1.82, 2.24) is 15.1 Å². The second-order valence-corrected chi connectivity index (χ2v) is 15.1. The fourth-order valence-electron chi connectivity index (χ4n) is 8.46. The third kappa shape index (κ3) is 4.56. The normalized spacial score (nSPS) is 34.5. The number of carbonyl (C=O) groups excluding carboxylic acids is 4. The minimum Gasteiger partial charge on any atom is -0.339 e. The number of nitriles is 1. The largest absolute Gasteiger partial charge is 0.339 e. The van der Waals surface area contributed by atoms with Gasteiger partial charge in [-0.2, -0.15) is 9.65 Å². The summed E-state index contributed by atoms with van der Waals surface area (Å²) < 4.78 is 40.6. The van der Waals surface area contributed by atoms with Crippen LogP contribution in [-0.4, -0.2) is 75.4 Å². The summed E-state index contributed by atoms with van der Waals surface area (Å²) in [6, 6.07) is 2.69. The summed E-state index contributed by atoms with van der Waals surface area (Å²) in [5.41, 5.74) is -2.03. The molecule has 3 heterocycles. The van der Waals surface area contributed by atoms with Gasteiger partial charge in [-0.15, -0.1) is 0 Å². The van der Waals surface area contributed by atoms with Crippen molar-refractivity contribution in [2.45, 2.75) is 74.3 Å². The van der Waals surface area contributed by atoms with Crippen LogP contribution in [0.5, 0.6) is 0 Å². The van der Waals surface area contributed by atoms with Crippen LogP contribution in [0.1, 0.15) is 45.6 Å². The Kier molecular flexibility index (Phi) is 7.21. The molecule has 9 nitrogen and oxygen atoms in total. The number of fused-ring (bicyclic) bond motifs is 7. The van der Waals surface area contributed by atoms with Crippen LogP contribution < -0.4 is 10.6 Å². The number of anilines is 1. The Morgan fingerprint density at radius 1 is 1.18 bits per heavy atom. The molecule has 14 heteroatoms. The van der Waals surface area contributed by atoms with Crippen molar-refractivity contribution in [2.75, 3.05) is 18.4 Å². The average Bonchev–Trinajstić information content (AvgIpc) is 3.73. The second kappa shape index (κ2) is 10.2. The molecule has 4 amide bonds. The Hall–Kier alpha value is -3.04. The molecule has 1 spiro atoms. The maximum Gasteiger partial charge on any atom is 0.335 e. The van der Waals surface area contributed by atoms with Gasteiger partial charge in [0.2, 0.25) is 17.7 Å². The number of rotatable bonds is 4. The van der Waals surface area contributed by atoms with Gasteiger partial charge in [0.15, 0.2) is 0 Å².